The number of aryl methyl sites for hydroxylation is 1. The summed E-state index contributed by atoms with van der Waals surface area (Å²) in [5.41, 5.74) is 2.83. The standard InChI is InChI=1S/C14H12N2O/c1-16-12(10-5-3-2-4-6-10)9-11-7-8-15-14(17)13(11)16/h2-9H,1H3,(H,15,17). The van der Waals surface area contributed by atoms with Crippen molar-refractivity contribution in [1.82, 2.24) is 9.55 Å². The molecule has 0 aliphatic carbocycles. The van der Waals surface area contributed by atoms with Gasteiger partial charge in [-0.2, -0.15) is 0 Å². The number of pyridine rings is 1. The van der Waals surface area contributed by atoms with Crippen LogP contribution in [0.3, 0.4) is 0 Å². The maximum Gasteiger partial charge on any atom is 0.272 e. The highest BCUT2D eigenvalue weighted by Crippen LogP contribution is 2.24. The Morgan fingerprint density at radius 2 is 1.88 bits per heavy atom. The number of aromatic nitrogens is 2. The Labute approximate surface area is 98.3 Å². The average molecular weight is 224 g/mol. The van der Waals surface area contributed by atoms with E-state index in [1.165, 1.54) is 0 Å². The molecule has 0 aliphatic heterocycles. The molecule has 2 aromatic heterocycles. The lowest BCUT2D eigenvalue weighted by atomic mass is 10.1. The molecule has 3 aromatic rings. The SMILES string of the molecule is Cn1c(-c2ccccc2)cc2cc[nH]c(=O)c21. The fourth-order valence-corrected chi connectivity index (χ4v) is 2.20. The van der Waals surface area contributed by atoms with Gasteiger partial charge in [0.15, 0.2) is 0 Å². The third kappa shape index (κ3) is 1.47. The molecule has 3 rings (SSSR count). The van der Waals surface area contributed by atoms with Crippen LogP contribution in [0.5, 0.6) is 0 Å². The molecule has 0 spiro atoms. The number of aromatic amines is 1. The predicted octanol–water partition coefficient (Wildman–Crippen LogP) is 2.53. The maximum atomic E-state index is 11.8. The van der Waals surface area contributed by atoms with E-state index in [0.29, 0.717) is 5.52 Å². The molecule has 84 valence electrons. The summed E-state index contributed by atoms with van der Waals surface area (Å²) in [6, 6.07) is 14.0. The van der Waals surface area contributed by atoms with E-state index in [1.54, 1.807) is 6.20 Å². The second-order valence-corrected chi connectivity index (χ2v) is 4.07. The first-order valence-corrected chi connectivity index (χ1v) is 5.50. The van der Waals surface area contributed by atoms with Crippen molar-refractivity contribution in [3.63, 3.8) is 0 Å². The van der Waals surface area contributed by atoms with E-state index < -0.39 is 0 Å². The summed E-state index contributed by atoms with van der Waals surface area (Å²) in [6.45, 7) is 0. The minimum atomic E-state index is -0.0489. The quantitative estimate of drug-likeness (QED) is 0.677. The number of hydrogen-bond acceptors (Lipinski definition) is 1. The number of rotatable bonds is 1. The first-order chi connectivity index (χ1) is 8.27. The molecular weight excluding hydrogens is 212 g/mol. The summed E-state index contributed by atoms with van der Waals surface area (Å²) >= 11 is 0. The largest absolute Gasteiger partial charge is 0.339 e. The van der Waals surface area contributed by atoms with Crippen LogP contribution < -0.4 is 5.56 Å². The monoisotopic (exact) mass is 224 g/mol. The first-order valence-electron chi connectivity index (χ1n) is 5.50. The summed E-state index contributed by atoms with van der Waals surface area (Å²) in [4.78, 5) is 14.5. The molecule has 0 saturated carbocycles. The van der Waals surface area contributed by atoms with Crippen LogP contribution >= 0.6 is 0 Å². The lowest BCUT2D eigenvalue weighted by molar-refractivity contribution is 0.966. The van der Waals surface area contributed by atoms with Crippen LogP contribution in [-0.4, -0.2) is 9.55 Å². The lowest BCUT2D eigenvalue weighted by Crippen LogP contribution is -2.08. The summed E-state index contributed by atoms with van der Waals surface area (Å²) in [5.74, 6) is 0. The Balaban J connectivity index is 2.37. The van der Waals surface area contributed by atoms with Gasteiger partial charge in [0, 0.05) is 24.3 Å². The highest BCUT2D eigenvalue weighted by Gasteiger charge is 2.09. The van der Waals surface area contributed by atoms with E-state index in [1.807, 2.05) is 54.1 Å². The van der Waals surface area contributed by atoms with E-state index in [4.69, 9.17) is 0 Å². The Bertz CT molecular complexity index is 723. The van der Waals surface area contributed by atoms with Crippen LogP contribution in [0.1, 0.15) is 0 Å². The summed E-state index contributed by atoms with van der Waals surface area (Å²) < 4.78 is 1.93. The fourth-order valence-electron chi connectivity index (χ4n) is 2.20. The van der Waals surface area contributed by atoms with Gasteiger partial charge >= 0.3 is 0 Å². The highest BCUT2D eigenvalue weighted by atomic mass is 16.1. The zero-order chi connectivity index (χ0) is 11.8. The molecule has 1 N–H and O–H groups in total. The van der Waals surface area contributed by atoms with Crippen molar-refractivity contribution < 1.29 is 0 Å². The molecule has 3 heteroatoms. The Kier molecular flexibility index (Phi) is 2.11. The number of benzene rings is 1. The van der Waals surface area contributed by atoms with Gasteiger partial charge in [0.05, 0.1) is 0 Å². The van der Waals surface area contributed by atoms with Gasteiger partial charge in [-0.15, -0.1) is 0 Å². The van der Waals surface area contributed by atoms with Gasteiger partial charge in [0.2, 0.25) is 0 Å². The molecule has 1 aromatic carbocycles. The van der Waals surface area contributed by atoms with Crippen molar-refractivity contribution in [2.45, 2.75) is 0 Å². The van der Waals surface area contributed by atoms with Gasteiger partial charge in [-0.1, -0.05) is 30.3 Å². The normalized spacial score (nSPS) is 10.9. The predicted molar refractivity (Wildman–Crippen MR) is 69.0 cm³/mol. The third-order valence-electron chi connectivity index (χ3n) is 3.02. The average Bonchev–Trinajstić information content (AvgIpc) is 2.69. The summed E-state index contributed by atoms with van der Waals surface area (Å²) in [6.07, 6.45) is 1.68. The number of H-pyrrole nitrogens is 1. The van der Waals surface area contributed by atoms with Gasteiger partial charge in [-0.05, 0) is 17.7 Å². The molecule has 0 fully saturated rings. The van der Waals surface area contributed by atoms with Crippen LogP contribution in [0.25, 0.3) is 22.2 Å². The van der Waals surface area contributed by atoms with Gasteiger partial charge in [-0.3, -0.25) is 4.79 Å². The lowest BCUT2D eigenvalue weighted by Gasteiger charge is -2.03. The molecule has 0 saturated heterocycles. The second-order valence-electron chi connectivity index (χ2n) is 4.07. The molecule has 3 nitrogen and oxygen atoms in total. The van der Waals surface area contributed by atoms with Gasteiger partial charge in [-0.25, -0.2) is 0 Å². The van der Waals surface area contributed by atoms with Crippen molar-refractivity contribution in [2.24, 2.45) is 7.05 Å². The topological polar surface area (TPSA) is 37.8 Å². The molecule has 0 aliphatic rings. The highest BCUT2D eigenvalue weighted by molar-refractivity contribution is 5.86. The number of fused-ring (bicyclic) bond motifs is 1. The number of nitrogens with one attached hydrogen (secondary N) is 1. The smallest absolute Gasteiger partial charge is 0.272 e. The maximum absolute atomic E-state index is 11.8. The van der Waals surface area contributed by atoms with Crippen molar-refractivity contribution >= 4 is 10.9 Å². The van der Waals surface area contributed by atoms with E-state index in [2.05, 4.69) is 4.98 Å². The molecular formula is C14H12N2O. The summed E-state index contributed by atoms with van der Waals surface area (Å²) in [5, 5.41) is 0.968. The van der Waals surface area contributed by atoms with E-state index in [0.717, 1.165) is 16.6 Å². The van der Waals surface area contributed by atoms with Gasteiger partial charge < -0.3 is 9.55 Å². The minimum absolute atomic E-state index is 0.0489. The Hall–Kier alpha value is -2.29. The van der Waals surface area contributed by atoms with Crippen LogP contribution in [0.4, 0.5) is 0 Å². The zero-order valence-corrected chi connectivity index (χ0v) is 9.47. The molecule has 0 amide bonds. The van der Waals surface area contributed by atoms with E-state index in [-0.39, 0.29) is 5.56 Å². The Morgan fingerprint density at radius 3 is 2.59 bits per heavy atom. The van der Waals surface area contributed by atoms with Crippen molar-refractivity contribution in [2.75, 3.05) is 0 Å². The van der Waals surface area contributed by atoms with Crippen molar-refractivity contribution in [3.05, 3.63) is 59.0 Å². The van der Waals surface area contributed by atoms with Gasteiger partial charge in [0.25, 0.3) is 5.56 Å². The van der Waals surface area contributed by atoms with Crippen LogP contribution in [0.2, 0.25) is 0 Å². The summed E-state index contributed by atoms with van der Waals surface area (Å²) in [7, 11) is 1.92. The molecule has 17 heavy (non-hydrogen) atoms. The van der Waals surface area contributed by atoms with Crippen LogP contribution in [0.15, 0.2) is 53.5 Å². The minimum Gasteiger partial charge on any atom is -0.339 e. The number of hydrogen-bond donors (Lipinski definition) is 1. The first kappa shape index (κ1) is 9.90. The molecule has 2 heterocycles. The fraction of sp³-hybridized carbons (Fsp3) is 0.0714. The second kappa shape index (κ2) is 3.63. The van der Waals surface area contributed by atoms with Crippen molar-refractivity contribution in [1.29, 1.82) is 0 Å². The van der Waals surface area contributed by atoms with E-state index in [9.17, 15) is 4.79 Å². The zero-order valence-electron chi connectivity index (χ0n) is 9.47. The Morgan fingerprint density at radius 1 is 1.12 bits per heavy atom. The molecule has 0 unspecified atom stereocenters. The molecule has 0 atom stereocenters. The molecule has 0 radical (unpaired) electrons. The van der Waals surface area contributed by atoms with Crippen LogP contribution in [-0.2, 0) is 7.05 Å². The van der Waals surface area contributed by atoms with Gasteiger partial charge in [0.1, 0.15) is 5.52 Å². The van der Waals surface area contributed by atoms with Crippen LogP contribution in [0, 0.1) is 0 Å². The third-order valence-corrected chi connectivity index (χ3v) is 3.02. The van der Waals surface area contributed by atoms with Crippen molar-refractivity contribution in [3.8, 4) is 11.3 Å². The van der Waals surface area contributed by atoms with E-state index >= 15 is 0 Å². The molecule has 0 bridgehead atoms. The number of nitrogens with zero attached hydrogens (tertiary/aromatic N) is 1.